The third-order valence-electron chi connectivity index (χ3n) is 1.25. The van der Waals surface area contributed by atoms with Gasteiger partial charge >= 0.3 is 6.36 Å². The molecule has 1 rings (SSSR count). The molecule has 0 atom stereocenters. The highest BCUT2D eigenvalue weighted by molar-refractivity contribution is 9.10. The Hall–Kier alpha value is -0.820. The quantitative estimate of drug-likeness (QED) is 0.622. The molecule has 3 nitrogen and oxygen atoms in total. The maximum Gasteiger partial charge on any atom is 0.574 e. The van der Waals surface area contributed by atoms with Gasteiger partial charge in [-0.15, -0.1) is 13.2 Å². The number of nitrogens with zero attached hydrogens (tertiary/aromatic N) is 1. The first-order valence-electron chi connectivity index (χ1n) is 3.42. The second kappa shape index (κ2) is 4.36. The van der Waals surface area contributed by atoms with Crippen molar-refractivity contribution in [2.45, 2.75) is 6.36 Å². The van der Waals surface area contributed by atoms with Crippen LogP contribution in [0.5, 0.6) is 5.88 Å². The van der Waals surface area contributed by atoms with Gasteiger partial charge in [-0.1, -0.05) is 0 Å². The predicted molar refractivity (Wildman–Crippen MR) is 48.8 cm³/mol. The van der Waals surface area contributed by atoms with Crippen molar-refractivity contribution in [1.29, 1.82) is 0 Å². The fourth-order valence-corrected chi connectivity index (χ4v) is 1.19. The monoisotopic (exact) mass is 303 g/mol. The average Bonchev–Trinajstić information content (AvgIpc) is 1.99. The zero-order valence-electron chi connectivity index (χ0n) is 6.81. The molecule has 0 fully saturated rings. The van der Waals surface area contributed by atoms with Gasteiger partial charge in [0.15, 0.2) is 0 Å². The minimum Gasteiger partial charge on any atom is -0.387 e. The largest absolute Gasteiger partial charge is 0.574 e. The highest BCUT2D eigenvalue weighted by Gasteiger charge is 2.33. The third-order valence-corrected chi connectivity index (χ3v) is 1.90. The molecule has 0 saturated carbocycles. The summed E-state index contributed by atoms with van der Waals surface area (Å²) in [4.78, 5) is 14.1. The van der Waals surface area contributed by atoms with E-state index in [1.165, 1.54) is 6.07 Å². The molecule has 0 unspecified atom stereocenters. The van der Waals surface area contributed by atoms with Gasteiger partial charge in [0.1, 0.15) is 4.60 Å². The Morgan fingerprint density at radius 3 is 2.53 bits per heavy atom. The molecule has 0 N–H and O–H groups in total. The van der Waals surface area contributed by atoms with Crippen LogP contribution in [0.2, 0.25) is 0 Å². The zero-order valence-corrected chi connectivity index (χ0v) is 9.15. The molecule has 0 aliphatic heterocycles. The van der Waals surface area contributed by atoms with Gasteiger partial charge in [-0.2, -0.15) is 0 Å². The van der Waals surface area contributed by atoms with E-state index in [1.54, 1.807) is 0 Å². The van der Waals surface area contributed by atoms with E-state index in [4.69, 9.17) is 11.6 Å². The lowest BCUT2D eigenvalue weighted by Gasteiger charge is -2.09. The number of pyridine rings is 1. The maximum atomic E-state index is 11.9. The SMILES string of the molecule is O=C(Cl)c1ccc(Br)nc1OC(F)(F)F. The van der Waals surface area contributed by atoms with E-state index < -0.39 is 23.0 Å². The van der Waals surface area contributed by atoms with Crippen molar-refractivity contribution in [1.82, 2.24) is 4.98 Å². The minimum atomic E-state index is -4.92. The number of aromatic nitrogens is 1. The molecule has 0 radical (unpaired) electrons. The van der Waals surface area contributed by atoms with E-state index in [0.29, 0.717) is 0 Å². The Kier molecular flexibility index (Phi) is 3.56. The normalized spacial score (nSPS) is 11.3. The van der Waals surface area contributed by atoms with Crippen molar-refractivity contribution in [3.8, 4) is 5.88 Å². The summed E-state index contributed by atoms with van der Waals surface area (Å²) in [5.74, 6) is -0.878. The summed E-state index contributed by atoms with van der Waals surface area (Å²) in [6, 6.07) is 2.35. The summed E-state index contributed by atoms with van der Waals surface area (Å²) in [7, 11) is 0. The number of hydrogen-bond donors (Lipinski definition) is 0. The molecule has 1 aromatic heterocycles. The van der Waals surface area contributed by atoms with Gasteiger partial charge in [-0.05, 0) is 39.7 Å². The summed E-state index contributed by atoms with van der Waals surface area (Å²) in [6.45, 7) is 0. The standard InChI is InChI=1S/C7H2BrClF3NO2/c8-4-2-1-3(5(9)14)6(13-4)15-7(10,11)12/h1-2H. The van der Waals surface area contributed by atoms with Crippen molar-refractivity contribution in [3.05, 3.63) is 22.3 Å². The van der Waals surface area contributed by atoms with Crippen LogP contribution < -0.4 is 4.74 Å². The molecular formula is C7H2BrClF3NO2. The minimum absolute atomic E-state index is 0.100. The van der Waals surface area contributed by atoms with E-state index in [1.807, 2.05) is 0 Å². The molecule has 0 amide bonds. The lowest BCUT2D eigenvalue weighted by Crippen LogP contribution is -2.19. The predicted octanol–water partition coefficient (Wildman–Crippen LogP) is 3.12. The Morgan fingerprint density at radius 2 is 2.07 bits per heavy atom. The summed E-state index contributed by atoms with van der Waals surface area (Å²) < 4.78 is 39.3. The lowest BCUT2D eigenvalue weighted by atomic mass is 10.3. The van der Waals surface area contributed by atoms with E-state index in [0.717, 1.165) is 6.07 Å². The van der Waals surface area contributed by atoms with Gasteiger partial charge in [0.2, 0.25) is 5.88 Å². The summed E-state index contributed by atoms with van der Waals surface area (Å²) >= 11 is 7.89. The third kappa shape index (κ3) is 3.67. The highest BCUT2D eigenvalue weighted by Crippen LogP contribution is 2.27. The van der Waals surface area contributed by atoms with Crippen LogP contribution >= 0.6 is 27.5 Å². The molecule has 0 aliphatic carbocycles. The molecule has 0 bridgehead atoms. The number of rotatable bonds is 2. The molecule has 15 heavy (non-hydrogen) atoms. The van der Waals surface area contributed by atoms with Crippen molar-refractivity contribution >= 4 is 32.8 Å². The summed E-state index contributed by atoms with van der Waals surface area (Å²) in [6.07, 6.45) is -4.92. The van der Waals surface area contributed by atoms with Crippen LogP contribution in [-0.2, 0) is 0 Å². The Morgan fingerprint density at radius 1 is 1.47 bits per heavy atom. The Labute approximate surface area is 95.3 Å². The van der Waals surface area contributed by atoms with Crippen LogP contribution in [0.25, 0.3) is 0 Å². The first kappa shape index (κ1) is 12.3. The number of halogens is 5. The summed E-state index contributed by atoms with van der Waals surface area (Å²) in [5, 5.41) is -1.07. The van der Waals surface area contributed by atoms with E-state index in [2.05, 4.69) is 25.7 Å². The average molecular weight is 304 g/mol. The first-order chi connectivity index (χ1) is 6.79. The van der Waals surface area contributed by atoms with Gasteiger partial charge in [0, 0.05) is 0 Å². The van der Waals surface area contributed by atoms with Crippen LogP contribution in [0.1, 0.15) is 10.4 Å². The highest BCUT2D eigenvalue weighted by atomic mass is 79.9. The van der Waals surface area contributed by atoms with Crippen LogP contribution in [-0.4, -0.2) is 16.6 Å². The van der Waals surface area contributed by atoms with Crippen molar-refractivity contribution in [2.75, 3.05) is 0 Å². The summed E-state index contributed by atoms with van der Waals surface area (Å²) in [5.41, 5.74) is -0.447. The van der Waals surface area contributed by atoms with Crippen LogP contribution in [0, 0.1) is 0 Å². The van der Waals surface area contributed by atoms with Crippen LogP contribution in [0.15, 0.2) is 16.7 Å². The topological polar surface area (TPSA) is 39.2 Å². The molecular weight excluding hydrogens is 302 g/mol. The number of hydrogen-bond acceptors (Lipinski definition) is 3. The number of alkyl halides is 3. The molecule has 0 spiro atoms. The molecule has 8 heteroatoms. The van der Waals surface area contributed by atoms with Crippen molar-refractivity contribution < 1.29 is 22.7 Å². The Balaban J connectivity index is 3.13. The van der Waals surface area contributed by atoms with Gasteiger partial charge < -0.3 is 4.74 Å². The second-order valence-electron chi connectivity index (χ2n) is 2.31. The maximum absolute atomic E-state index is 11.9. The first-order valence-corrected chi connectivity index (χ1v) is 4.59. The molecule has 0 aliphatic rings. The van der Waals surface area contributed by atoms with Gasteiger partial charge in [-0.3, -0.25) is 4.79 Å². The number of ether oxygens (including phenoxy) is 1. The van der Waals surface area contributed by atoms with Crippen LogP contribution in [0.4, 0.5) is 13.2 Å². The van der Waals surface area contributed by atoms with E-state index >= 15 is 0 Å². The fraction of sp³-hybridized carbons (Fsp3) is 0.143. The smallest absolute Gasteiger partial charge is 0.387 e. The van der Waals surface area contributed by atoms with Crippen molar-refractivity contribution in [2.24, 2.45) is 0 Å². The molecule has 1 heterocycles. The molecule has 0 saturated heterocycles. The van der Waals surface area contributed by atoms with E-state index in [9.17, 15) is 18.0 Å². The zero-order chi connectivity index (χ0) is 11.6. The van der Waals surface area contributed by atoms with E-state index in [-0.39, 0.29) is 4.60 Å². The lowest BCUT2D eigenvalue weighted by molar-refractivity contribution is -0.276. The van der Waals surface area contributed by atoms with Crippen LogP contribution in [0.3, 0.4) is 0 Å². The Bertz CT molecular complexity index is 396. The van der Waals surface area contributed by atoms with Gasteiger partial charge in [-0.25, -0.2) is 4.98 Å². The van der Waals surface area contributed by atoms with Crippen molar-refractivity contribution in [3.63, 3.8) is 0 Å². The second-order valence-corrected chi connectivity index (χ2v) is 3.46. The fourth-order valence-electron chi connectivity index (χ4n) is 0.755. The number of carbonyl (C=O) groups is 1. The van der Waals surface area contributed by atoms with Gasteiger partial charge in [0.25, 0.3) is 5.24 Å². The number of carbonyl (C=O) groups excluding carboxylic acids is 1. The molecule has 1 aromatic rings. The van der Waals surface area contributed by atoms with Gasteiger partial charge in [0.05, 0.1) is 5.56 Å². The molecule has 0 aromatic carbocycles. The molecule has 82 valence electrons.